The molecule has 12 heteroatoms. The number of halogens is 1. The average molecular weight is 588 g/mol. The number of sulfonamides is 1. The minimum Gasteiger partial charge on any atom is -0.483 e. The van der Waals surface area contributed by atoms with Crippen LogP contribution in [0.4, 0.5) is 5.69 Å². The average Bonchev–Trinajstić information content (AvgIpc) is 2.95. The first-order valence-corrected chi connectivity index (χ1v) is 15.4. The van der Waals surface area contributed by atoms with E-state index in [9.17, 15) is 13.2 Å². The number of ether oxygens (including phenoxy) is 2. The molecule has 3 heterocycles. The number of anilines is 1. The Labute approximate surface area is 239 Å². The van der Waals surface area contributed by atoms with E-state index in [-0.39, 0.29) is 47.7 Å². The van der Waals surface area contributed by atoms with Gasteiger partial charge in [-0.2, -0.15) is 14.1 Å². The Bertz CT molecular complexity index is 1470. The highest BCUT2D eigenvalue weighted by atomic mass is 35.5. The molecule has 0 unspecified atom stereocenters. The molecule has 2 fully saturated rings. The zero-order valence-corrected chi connectivity index (χ0v) is 24.2. The lowest BCUT2D eigenvalue weighted by Gasteiger charge is -2.36. The predicted octanol–water partition coefficient (Wildman–Crippen LogP) is 3.91. The van der Waals surface area contributed by atoms with Gasteiger partial charge in [0.25, 0.3) is 10.0 Å². The van der Waals surface area contributed by atoms with Crippen molar-refractivity contribution in [3.05, 3.63) is 70.2 Å². The lowest BCUT2D eigenvalue weighted by Crippen LogP contribution is -2.49. The second-order valence-corrected chi connectivity index (χ2v) is 12.6. The molecule has 2 aromatic heterocycles. The first-order valence-electron chi connectivity index (χ1n) is 13.6. The lowest BCUT2D eigenvalue weighted by atomic mass is 9.94. The number of rotatable bonds is 8. The van der Waals surface area contributed by atoms with E-state index in [1.807, 2.05) is 18.7 Å². The minimum absolute atomic E-state index is 0.0234. The van der Waals surface area contributed by atoms with Crippen molar-refractivity contribution in [3.8, 4) is 11.4 Å². The summed E-state index contributed by atoms with van der Waals surface area (Å²) in [6.07, 6.45) is 6.56. The van der Waals surface area contributed by atoms with Gasteiger partial charge < -0.3 is 14.4 Å². The van der Waals surface area contributed by atoms with Crippen molar-refractivity contribution in [2.24, 2.45) is 0 Å². The van der Waals surface area contributed by atoms with E-state index in [1.165, 1.54) is 21.3 Å². The number of hydrogen-bond acceptors (Lipinski definition) is 8. The first kappa shape index (κ1) is 28.5. The van der Waals surface area contributed by atoms with Gasteiger partial charge in [-0.3, -0.25) is 4.79 Å². The van der Waals surface area contributed by atoms with Gasteiger partial charge in [-0.25, -0.2) is 13.4 Å². The molecule has 5 rings (SSSR count). The first-order chi connectivity index (χ1) is 19.2. The van der Waals surface area contributed by atoms with Crippen LogP contribution >= 0.6 is 11.6 Å². The van der Waals surface area contributed by atoms with Crippen molar-refractivity contribution in [2.45, 2.75) is 62.9 Å². The van der Waals surface area contributed by atoms with Crippen LogP contribution in [0.5, 0.6) is 5.75 Å². The van der Waals surface area contributed by atoms with Crippen molar-refractivity contribution in [3.63, 3.8) is 0 Å². The van der Waals surface area contributed by atoms with Crippen molar-refractivity contribution < 1.29 is 17.9 Å². The monoisotopic (exact) mass is 587 g/mol. The molecule has 1 saturated heterocycles. The van der Waals surface area contributed by atoms with Gasteiger partial charge in [0.2, 0.25) is 5.75 Å². The molecule has 10 nitrogen and oxygen atoms in total. The highest BCUT2D eigenvalue weighted by Crippen LogP contribution is 2.31. The molecule has 3 aromatic rings. The Kier molecular flexibility index (Phi) is 8.74. The SMILES string of the molecule is CC(C)OC1CCC(Oc2c(N3CCN(S(=O)(=O)c4ccccn4)CC3)cnn(-c3cccc(Cl)c3)c2=O)CC1. The number of nitrogens with zero attached hydrogens (tertiary/aromatic N) is 5. The van der Waals surface area contributed by atoms with E-state index < -0.39 is 10.0 Å². The summed E-state index contributed by atoms with van der Waals surface area (Å²) >= 11 is 6.19. The van der Waals surface area contributed by atoms with Gasteiger partial charge in [-0.05, 0) is 69.9 Å². The zero-order chi connectivity index (χ0) is 28.3. The second-order valence-electron chi connectivity index (χ2n) is 10.3. The molecule has 40 heavy (non-hydrogen) atoms. The van der Waals surface area contributed by atoms with E-state index in [4.69, 9.17) is 21.1 Å². The van der Waals surface area contributed by atoms with Crippen molar-refractivity contribution in [1.82, 2.24) is 19.1 Å². The third-order valence-electron chi connectivity index (χ3n) is 7.16. The largest absolute Gasteiger partial charge is 0.483 e. The Hall–Kier alpha value is -2.99. The van der Waals surface area contributed by atoms with Crippen LogP contribution in [0.3, 0.4) is 0 Å². The summed E-state index contributed by atoms with van der Waals surface area (Å²) in [6.45, 7) is 5.30. The van der Waals surface area contributed by atoms with Crippen LogP contribution < -0.4 is 15.2 Å². The van der Waals surface area contributed by atoms with E-state index in [0.717, 1.165) is 25.7 Å². The maximum atomic E-state index is 13.8. The minimum atomic E-state index is -3.71. The van der Waals surface area contributed by atoms with Crippen LogP contribution in [-0.2, 0) is 14.8 Å². The summed E-state index contributed by atoms with van der Waals surface area (Å²) in [7, 11) is -3.71. The van der Waals surface area contributed by atoms with Crippen molar-refractivity contribution in [2.75, 3.05) is 31.1 Å². The van der Waals surface area contributed by atoms with Crippen LogP contribution in [0.2, 0.25) is 5.02 Å². The molecule has 1 aliphatic heterocycles. The van der Waals surface area contributed by atoms with Gasteiger partial charge in [0.15, 0.2) is 5.03 Å². The van der Waals surface area contributed by atoms with Crippen molar-refractivity contribution in [1.29, 1.82) is 0 Å². The third kappa shape index (κ3) is 6.33. The smallest absolute Gasteiger partial charge is 0.316 e. The fraction of sp³-hybridized carbons (Fsp3) is 0.464. The van der Waals surface area contributed by atoms with E-state index >= 15 is 0 Å². The molecular formula is C28H34ClN5O5S. The summed E-state index contributed by atoms with van der Waals surface area (Å²) in [4.78, 5) is 19.8. The zero-order valence-electron chi connectivity index (χ0n) is 22.6. The fourth-order valence-corrected chi connectivity index (χ4v) is 6.73. The van der Waals surface area contributed by atoms with Gasteiger partial charge in [-0.1, -0.05) is 23.7 Å². The van der Waals surface area contributed by atoms with Gasteiger partial charge >= 0.3 is 5.56 Å². The quantitative estimate of drug-likeness (QED) is 0.390. The molecule has 0 spiro atoms. The Morgan fingerprint density at radius 1 is 0.975 bits per heavy atom. The Morgan fingerprint density at radius 2 is 1.70 bits per heavy atom. The molecular weight excluding hydrogens is 554 g/mol. The predicted molar refractivity (Wildman–Crippen MR) is 153 cm³/mol. The maximum Gasteiger partial charge on any atom is 0.316 e. The Morgan fingerprint density at radius 3 is 2.35 bits per heavy atom. The number of pyridine rings is 1. The normalized spacial score (nSPS) is 20.6. The highest BCUT2D eigenvalue weighted by molar-refractivity contribution is 7.89. The number of piperazine rings is 1. The summed E-state index contributed by atoms with van der Waals surface area (Å²) in [5.41, 5.74) is 0.705. The molecule has 1 aromatic carbocycles. The van der Waals surface area contributed by atoms with Crippen LogP contribution in [0.15, 0.2) is 64.7 Å². The van der Waals surface area contributed by atoms with Gasteiger partial charge in [-0.15, -0.1) is 0 Å². The topological polar surface area (TPSA) is 107 Å². The van der Waals surface area contributed by atoms with Gasteiger partial charge in [0.05, 0.1) is 30.2 Å². The standard InChI is InChI=1S/C28H34ClN5O5S/c1-20(2)38-23-9-11-24(12-10-23)39-27-25(19-31-34(28(27)35)22-7-5-6-21(29)18-22)32-14-16-33(17-15-32)40(36,37)26-8-3-4-13-30-26/h3-8,13,18-20,23-24H,9-12,14-17H2,1-2H3. The molecule has 0 N–H and O–H groups in total. The van der Waals surface area contributed by atoms with Crippen LogP contribution in [0.25, 0.3) is 5.69 Å². The van der Waals surface area contributed by atoms with E-state index in [0.29, 0.717) is 29.5 Å². The molecule has 2 aliphatic rings. The summed E-state index contributed by atoms with van der Waals surface area (Å²) in [5, 5.41) is 4.96. The van der Waals surface area contributed by atoms with Crippen molar-refractivity contribution >= 4 is 27.3 Å². The van der Waals surface area contributed by atoms with Gasteiger partial charge in [0.1, 0.15) is 5.69 Å². The van der Waals surface area contributed by atoms with E-state index in [1.54, 1.807) is 42.6 Å². The molecule has 0 atom stereocenters. The molecule has 1 aliphatic carbocycles. The maximum absolute atomic E-state index is 13.8. The summed E-state index contributed by atoms with van der Waals surface area (Å²) in [5.74, 6) is 0.212. The summed E-state index contributed by atoms with van der Waals surface area (Å²) in [6, 6.07) is 11.8. The molecule has 0 radical (unpaired) electrons. The number of hydrogen-bond donors (Lipinski definition) is 0. The van der Waals surface area contributed by atoms with Gasteiger partial charge in [0, 0.05) is 37.4 Å². The number of benzene rings is 1. The number of aromatic nitrogens is 3. The molecule has 214 valence electrons. The second kappa shape index (κ2) is 12.3. The van der Waals surface area contributed by atoms with E-state index in [2.05, 4.69) is 10.1 Å². The highest BCUT2D eigenvalue weighted by Gasteiger charge is 2.32. The Balaban J connectivity index is 1.39. The molecule has 0 amide bonds. The summed E-state index contributed by atoms with van der Waals surface area (Å²) < 4.78 is 41.3. The van der Waals surface area contributed by atoms with Crippen LogP contribution in [0.1, 0.15) is 39.5 Å². The lowest BCUT2D eigenvalue weighted by molar-refractivity contribution is -0.0297. The van der Waals surface area contributed by atoms with Crippen LogP contribution in [0, 0.1) is 0 Å². The molecule has 0 bridgehead atoms. The van der Waals surface area contributed by atoms with Crippen LogP contribution in [-0.4, -0.2) is 72.0 Å². The molecule has 1 saturated carbocycles. The fourth-order valence-electron chi connectivity index (χ4n) is 5.20. The third-order valence-corrected chi connectivity index (χ3v) is 9.21.